The zero-order chi connectivity index (χ0) is 22.7. The molecule has 4 rings (SSSR count). The third-order valence-corrected chi connectivity index (χ3v) is 5.20. The molecule has 0 aliphatic carbocycles. The normalized spacial score (nSPS) is 20.3. The van der Waals surface area contributed by atoms with Crippen LogP contribution >= 0.6 is 0 Å². The van der Waals surface area contributed by atoms with E-state index in [1.807, 2.05) is 6.92 Å². The number of nitrogens with zero attached hydrogens (tertiary/aromatic N) is 4. The predicted octanol–water partition coefficient (Wildman–Crippen LogP) is 2.53. The van der Waals surface area contributed by atoms with Crippen molar-refractivity contribution in [2.24, 2.45) is 0 Å². The van der Waals surface area contributed by atoms with Crippen LogP contribution in [0.15, 0.2) is 36.9 Å². The Hall–Kier alpha value is -3.53. The van der Waals surface area contributed by atoms with Crippen LogP contribution in [0.25, 0.3) is 11.2 Å². The number of hydrogen-bond donors (Lipinski definition) is 1. The van der Waals surface area contributed by atoms with Gasteiger partial charge in [-0.1, -0.05) is 29.8 Å². The van der Waals surface area contributed by atoms with E-state index in [0.29, 0.717) is 29.9 Å². The van der Waals surface area contributed by atoms with Crippen molar-refractivity contribution in [3.8, 4) is 0 Å². The molecule has 2 aromatic heterocycles. The number of imidazole rings is 1. The van der Waals surface area contributed by atoms with Gasteiger partial charge in [0.15, 0.2) is 17.0 Å². The quantitative estimate of drug-likeness (QED) is 0.554. The number of hydrogen-bond acceptors (Lipinski definition) is 9. The Kier molecular flexibility index (Phi) is 6.31. The van der Waals surface area contributed by atoms with E-state index in [0.717, 1.165) is 5.56 Å². The van der Waals surface area contributed by atoms with Crippen LogP contribution in [0, 0.1) is 6.92 Å². The first-order valence-corrected chi connectivity index (χ1v) is 10.3. The van der Waals surface area contributed by atoms with Crippen LogP contribution in [-0.2, 0) is 30.3 Å². The van der Waals surface area contributed by atoms with E-state index >= 15 is 0 Å². The molecule has 168 valence electrons. The molecule has 3 aromatic rings. The number of rotatable bonds is 7. The molecule has 1 aliphatic rings. The van der Waals surface area contributed by atoms with Crippen molar-refractivity contribution in [2.75, 3.05) is 11.9 Å². The fraction of sp³-hybridized carbons (Fsp3) is 0.409. The molecular weight excluding hydrogens is 414 g/mol. The molecule has 0 radical (unpaired) electrons. The van der Waals surface area contributed by atoms with E-state index in [9.17, 15) is 9.59 Å². The summed E-state index contributed by atoms with van der Waals surface area (Å²) in [5.74, 6) is -0.239. The Morgan fingerprint density at radius 2 is 1.94 bits per heavy atom. The van der Waals surface area contributed by atoms with Gasteiger partial charge in [0.05, 0.1) is 6.33 Å². The average molecular weight is 439 g/mol. The fourth-order valence-electron chi connectivity index (χ4n) is 3.64. The van der Waals surface area contributed by atoms with Gasteiger partial charge in [0.2, 0.25) is 0 Å². The molecular formula is C22H25N5O5. The second-order valence-electron chi connectivity index (χ2n) is 7.70. The topological polar surface area (TPSA) is 117 Å². The second-order valence-corrected chi connectivity index (χ2v) is 7.70. The van der Waals surface area contributed by atoms with Crippen LogP contribution in [0.2, 0.25) is 0 Å². The lowest BCUT2D eigenvalue weighted by atomic mass is 10.1. The molecule has 0 amide bonds. The van der Waals surface area contributed by atoms with Crippen LogP contribution in [0.1, 0.15) is 37.6 Å². The van der Waals surface area contributed by atoms with Crippen molar-refractivity contribution in [2.45, 2.75) is 52.2 Å². The zero-order valence-electron chi connectivity index (χ0n) is 18.1. The smallest absolute Gasteiger partial charge is 0.303 e. The number of benzene rings is 1. The number of carbonyl (C=O) groups excluding carboxylic acids is 2. The molecule has 0 bridgehead atoms. The Balaban J connectivity index is 1.53. The van der Waals surface area contributed by atoms with Gasteiger partial charge in [-0.05, 0) is 12.5 Å². The summed E-state index contributed by atoms with van der Waals surface area (Å²) in [6, 6.07) is 8.24. The van der Waals surface area contributed by atoms with E-state index in [1.165, 1.54) is 25.7 Å². The molecule has 3 heterocycles. The summed E-state index contributed by atoms with van der Waals surface area (Å²) in [6.07, 6.45) is 1.87. The van der Waals surface area contributed by atoms with E-state index in [-0.39, 0.29) is 6.61 Å². The predicted molar refractivity (Wildman–Crippen MR) is 115 cm³/mol. The van der Waals surface area contributed by atoms with Gasteiger partial charge in [-0.15, -0.1) is 0 Å². The fourth-order valence-corrected chi connectivity index (χ4v) is 3.64. The number of fused-ring (bicyclic) bond motifs is 1. The minimum absolute atomic E-state index is 0.00521. The van der Waals surface area contributed by atoms with Crippen molar-refractivity contribution in [1.29, 1.82) is 0 Å². The molecule has 32 heavy (non-hydrogen) atoms. The van der Waals surface area contributed by atoms with Crippen LogP contribution in [0.5, 0.6) is 0 Å². The van der Waals surface area contributed by atoms with Crippen LogP contribution < -0.4 is 5.32 Å². The zero-order valence-corrected chi connectivity index (χ0v) is 18.1. The van der Waals surface area contributed by atoms with Crippen LogP contribution in [-0.4, -0.2) is 50.3 Å². The van der Waals surface area contributed by atoms with Crippen molar-refractivity contribution >= 4 is 28.9 Å². The SMILES string of the molecule is CC(=O)OC[C@H]1O[C@@H](n2cnc3c(NCc4ccc(C)cc4)ncnc32)C[C@@H]1OC(C)=O. The third-order valence-electron chi connectivity index (χ3n) is 5.20. The first-order chi connectivity index (χ1) is 15.4. The molecule has 0 spiro atoms. The summed E-state index contributed by atoms with van der Waals surface area (Å²) in [7, 11) is 0. The van der Waals surface area contributed by atoms with E-state index in [1.54, 1.807) is 10.9 Å². The molecule has 10 heteroatoms. The largest absolute Gasteiger partial charge is 0.463 e. The van der Waals surface area contributed by atoms with E-state index < -0.39 is 30.4 Å². The molecule has 1 aromatic carbocycles. The Labute approximate surface area is 184 Å². The molecule has 1 fully saturated rings. The van der Waals surface area contributed by atoms with Crippen molar-refractivity contribution < 1.29 is 23.8 Å². The van der Waals surface area contributed by atoms with E-state index in [4.69, 9.17) is 14.2 Å². The highest BCUT2D eigenvalue weighted by molar-refractivity contribution is 5.82. The van der Waals surface area contributed by atoms with Gasteiger partial charge in [-0.25, -0.2) is 15.0 Å². The van der Waals surface area contributed by atoms with Crippen molar-refractivity contribution in [3.63, 3.8) is 0 Å². The Bertz CT molecular complexity index is 1110. The Morgan fingerprint density at radius 1 is 1.16 bits per heavy atom. The first-order valence-electron chi connectivity index (χ1n) is 10.3. The number of ether oxygens (including phenoxy) is 3. The first kappa shape index (κ1) is 21.7. The van der Waals surface area contributed by atoms with Gasteiger partial charge in [-0.3, -0.25) is 14.2 Å². The summed E-state index contributed by atoms with van der Waals surface area (Å²) in [4.78, 5) is 35.9. The summed E-state index contributed by atoms with van der Waals surface area (Å²) in [5.41, 5.74) is 3.52. The molecule has 0 unspecified atom stereocenters. The number of nitrogens with one attached hydrogen (secondary N) is 1. The Morgan fingerprint density at radius 3 is 2.66 bits per heavy atom. The van der Waals surface area contributed by atoms with Crippen LogP contribution in [0.4, 0.5) is 5.82 Å². The number of esters is 2. The molecule has 1 saturated heterocycles. The lowest BCUT2D eigenvalue weighted by molar-refractivity contribution is -0.155. The minimum atomic E-state index is -0.578. The molecule has 1 N–H and O–H groups in total. The standard InChI is InChI=1S/C22H25N5O5/c1-13-4-6-16(7-5-13)9-23-21-20-22(25-11-24-21)27(12-26-20)19-8-17(31-15(3)29)18(32-19)10-30-14(2)28/h4-7,11-12,17-19H,8-10H2,1-3H3,(H,23,24,25)/t17-,18+,19+/m0/s1. The molecule has 0 saturated carbocycles. The van der Waals surface area contributed by atoms with Gasteiger partial charge in [-0.2, -0.15) is 0 Å². The summed E-state index contributed by atoms with van der Waals surface area (Å²) in [6.45, 7) is 5.29. The molecule has 1 aliphatic heterocycles. The highest BCUT2D eigenvalue weighted by atomic mass is 16.6. The van der Waals surface area contributed by atoms with E-state index in [2.05, 4.69) is 44.5 Å². The van der Waals surface area contributed by atoms with Crippen molar-refractivity contribution in [1.82, 2.24) is 19.5 Å². The second kappa shape index (κ2) is 9.31. The number of carbonyl (C=O) groups is 2. The average Bonchev–Trinajstić information content (AvgIpc) is 3.35. The highest BCUT2D eigenvalue weighted by Crippen LogP contribution is 2.33. The molecule has 10 nitrogen and oxygen atoms in total. The van der Waals surface area contributed by atoms with Gasteiger partial charge in [0, 0.05) is 26.8 Å². The summed E-state index contributed by atoms with van der Waals surface area (Å²) >= 11 is 0. The number of anilines is 1. The lowest BCUT2D eigenvalue weighted by Gasteiger charge is -2.17. The summed E-state index contributed by atoms with van der Waals surface area (Å²) < 4.78 is 18.3. The van der Waals surface area contributed by atoms with Gasteiger partial charge >= 0.3 is 11.9 Å². The highest BCUT2D eigenvalue weighted by Gasteiger charge is 2.40. The maximum Gasteiger partial charge on any atom is 0.303 e. The number of aryl methyl sites for hydroxylation is 1. The van der Waals surface area contributed by atoms with Crippen molar-refractivity contribution in [3.05, 3.63) is 48.0 Å². The van der Waals surface area contributed by atoms with Gasteiger partial charge in [0.25, 0.3) is 0 Å². The maximum atomic E-state index is 11.5. The van der Waals surface area contributed by atoms with Gasteiger partial charge in [0.1, 0.15) is 31.4 Å². The van der Waals surface area contributed by atoms with Gasteiger partial charge < -0.3 is 19.5 Å². The maximum absolute atomic E-state index is 11.5. The lowest BCUT2D eigenvalue weighted by Crippen LogP contribution is -2.31. The third kappa shape index (κ3) is 4.86. The van der Waals surface area contributed by atoms with Crippen LogP contribution in [0.3, 0.4) is 0 Å². The number of aromatic nitrogens is 4. The molecule has 3 atom stereocenters. The monoisotopic (exact) mass is 439 g/mol. The summed E-state index contributed by atoms with van der Waals surface area (Å²) in [5, 5.41) is 3.31. The minimum Gasteiger partial charge on any atom is -0.463 e.